The monoisotopic (exact) mass is 322 g/mol. The standard InChI is InChI=1S/C22H14N2O/c1-2-6-15(7-3-1)16-11-13-23-20(14-16)19-9-4-8-17-18-10-5-12-24-22(18)25-21(17)19/h1-14H. The lowest BCUT2D eigenvalue weighted by atomic mass is 10.0. The molecule has 0 saturated carbocycles. The first kappa shape index (κ1) is 13.9. The number of rotatable bonds is 2. The molecule has 0 unspecified atom stereocenters. The summed E-state index contributed by atoms with van der Waals surface area (Å²) in [5.41, 5.74) is 5.67. The molecule has 3 heteroatoms. The molecular formula is C22H14N2O. The van der Waals surface area contributed by atoms with Crippen LogP contribution in [-0.2, 0) is 0 Å². The quantitative estimate of drug-likeness (QED) is 0.418. The molecule has 0 radical (unpaired) electrons. The van der Waals surface area contributed by atoms with Crippen LogP contribution in [0.1, 0.15) is 0 Å². The van der Waals surface area contributed by atoms with Crippen LogP contribution in [-0.4, -0.2) is 9.97 Å². The second-order valence-electron chi connectivity index (χ2n) is 5.94. The molecule has 5 aromatic rings. The van der Waals surface area contributed by atoms with E-state index in [0.29, 0.717) is 5.71 Å². The molecule has 0 atom stereocenters. The van der Waals surface area contributed by atoms with Crippen LogP contribution in [0.15, 0.2) is 89.6 Å². The zero-order chi connectivity index (χ0) is 16.6. The van der Waals surface area contributed by atoms with Crippen molar-refractivity contribution in [3.8, 4) is 22.4 Å². The number of aromatic nitrogens is 2. The lowest BCUT2D eigenvalue weighted by Gasteiger charge is -2.05. The second-order valence-corrected chi connectivity index (χ2v) is 5.94. The summed E-state index contributed by atoms with van der Waals surface area (Å²) < 4.78 is 6.03. The number of para-hydroxylation sites is 1. The third-order valence-electron chi connectivity index (χ3n) is 4.42. The van der Waals surface area contributed by atoms with Gasteiger partial charge in [-0.1, -0.05) is 42.5 Å². The zero-order valence-corrected chi connectivity index (χ0v) is 13.4. The van der Waals surface area contributed by atoms with Gasteiger partial charge in [0.1, 0.15) is 5.58 Å². The van der Waals surface area contributed by atoms with Gasteiger partial charge in [-0.25, -0.2) is 4.98 Å². The zero-order valence-electron chi connectivity index (χ0n) is 13.4. The first-order valence-corrected chi connectivity index (χ1v) is 8.18. The summed E-state index contributed by atoms with van der Waals surface area (Å²) >= 11 is 0. The van der Waals surface area contributed by atoms with E-state index < -0.39 is 0 Å². The molecule has 2 aromatic carbocycles. The molecule has 3 nitrogen and oxygen atoms in total. The number of hydrogen-bond donors (Lipinski definition) is 0. The van der Waals surface area contributed by atoms with E-state index >= 15 is 0 Å². The highest BCUT2D eigenvalue weighted by molar-refractivity contribution is 6.08. The minimum atomic E-state index is 0.657. The molecule has 0 aliphatic rings. The third kappa shape index (κ3) is 2.29. The van der Waals surface area contributed by atoms with E-state index in [2.05, 4.69) is 34.2 Å². The fourth-order valence-electron chi connectivity index (χ4n) is 3.22. The Bertz CT molecular complexity index is 1190. The van der Waals surface area contributed by atoms with Crippen LogP contribution in [0, 0.1) is 0 Å². The van der Waals surface area contributed by atoms with Crippen LogP contribution in [0.4, 0.5) is 0 Å². The molecule has 118 valence electrons. The van der Waals surface area contributed by atoms with Crippen molar-refractivity contribution in [2.24, 2.45) is 0 Å². The van der Waals surface area contributed by atoms with Crippen molar-refractivity contribution in [2.75, 3.05) is 0 Å². The van der Waals surface area contributed by atoms with Gasteiger partial charge in [0.15, 0.2) is 0 Å². The van der Waals surface area contributed by atoms with E-state index in [1.54, 1.807) is 6.20 Å². The topological polar surface area (TPSA) is 38.9 Å². The average Bonchev–Trinajstić information content (AvgIpc) is 3.07. The maximum absolute atomic E-state index is 6.03. The number of hydrogen-bond acceptors (Lipinski definition) is 3. The predicted octanol–water partition coefficient (Wildman–Crippen LogP) is 5.71. The van der Waals surface area contributed by atoms with Crippen LogP contribution in [0.25, 0.3) is 44.5 Å². The van der Waals surface area contributed by atoms with Gasteiger partial charge in [-0.05, 0) is 41.5 Å². The Labute approximate surface area is 144 Å². The summed E-state index contributed by atoms with van der Waals surface area (Å²) in [7, 11) is 0. The largest absolute Gasteiger partial charge is 0.437 e. The molecule has 3 aromatic heterocycles. The number of furan rings is 1. The van der Waals surface area contributed by atoms with E-state index in [1.165, 1.54) is 5.56 Å². The number of fused-ring (bicyclic) bond motifs is 3. The van der Waals surface area contributed by atoms with Crippen LogP contribution in [0.3, 0.4) is 0 Å². The van der Waals surface area contributed by atoms with Gasteiger partial charge in [-0.2, -0.15) is 0 Å². The Hall–Kier alpha value is -3.46. The van der Waals surface area contributed by atoms with E-state index in [0.717, 1.165) is 33.2 Å². The first-order valence-electron chi connectivity index (χ1n) is 8.18. The molecular weight excluding hydrogens is 308 g/mol. The molecule has 0 bridgehead atoms. The van der Waals surface area contributed by atoms with E-state index in [4.69, 9.17) is 4.42 Å². The van der Waals surface area contributed by atoms with Crippen molar-refractivity contribution in [3.05, 3.63) is 85.2 Å². The predicted molar refractivity (Wildman–Crippen MR) is 100 cm³/mol. The number of benzene rings is 2. The summed E-state index contributed by atoms with van der Waals surface area (Å²) in [6.07, 6.45) is 3.59. The Morgan fingerprint density at radius 1 is 0.640 bits per heavy atom. The normalized spacial score (nSPS) is 11.2. The van der Waals surface area contributed by atoms with Gasteiger partial charge in [-0.3, -0.25) is 4.98 Å². The molecule has 0 aliphatic carbocycles. The van der Waals surface area contributed by atoms with Crippen molar-refractivity contribution in [2.45, 2.75) is 0 Å². The third-order valence-corrected chi connectivity index (χ3v) is 4.42. The molecule has 0 spiro atoms. The Kier molecular flexibility index (Phi) is 3.10. The maximum atomic E-state index is 6.03. The van der Waals surface area contributed by atoms with Crippen LogP contribution >= 0.6 is 0 Å². The molecule has 0 fully saturated rings. The molecule has 25 heavy (non-hydrogen) atoms. The smallest absolute Gasteiger partial charge is 0.227 e. The fourth-order valence-corrected chi connectivity index (χ4v) is 3.22. The molecule has 0 N–H and O–H groups in total. The van der Waals surface area contributed by atoms with Crippen molar-refractivity contribution in [1.82, 2.24) is 9.97 Å². The Morgan fingerprint density at radius 3 is 2.44 bits per heavy atom. The van der Waals surface area contributed by atoms with Crippen molar-refractivity contribution in [3.63, 3.8) is 0 Å². The molecule has 3 heterocycles. The van der Waals surface area contributed by atoms with Gasteiger partial charge < -0.3 is 4.42 Å². The number of nitrogens with zero attached hydrogens (tertiary/aromatic N) is 2. The summed E-state index contributed by atoms with van der Waals surface area (Å²) in [5, 5.41) is 2.09. The summed E-state index contributed by atoms with van der Waals surface area (Å²) in [4.78, 5) is 8.91. The minimum absolute atomic E-state index is 0.657. The average molecular weight is 322 g/mol. The lowest BCUT2D eigenvalue weighted by molar-refractivity contribution is 0.655. The van der Waals surface area contributed by atoms with Crippen LogP contribution in [0.2, 0.25) is 0 Å². The summed E-state index contributed by atoms with van der Waals surface area (Å²) in [6, 6.07) is 24.5. The lowest BCUT2D eigenvalue weighted by Crippen LogP contribution is -1.86. The van der Waals surface area contributed by atoms with Gasteiger partial charge in [-0.15, -0.1) is 0 Å². The van der Waals surface area contributed by atoms with E-state index in [9.17, 15) is 0 Å². The second kappa shape index (κ2) is 5.56. The van der Waals surface area contributed by atoms with E-state index in [1.807, 2.05) is 54.7 Å². The number of pyridine rings is 2. The highest BCUT2D eigenvalue weighted by Gasteiger charge is 2.13. The van der Waals surface area contributed by atoms with Gasteiger partial charge in [0.2, 0.25) is 5.71 Å². The molecule has 5 rings (SSSR count). The highest BCUT2D eigenvalue weighted by atomic mass is 16.3. The Morgan fingerprint density at radius 2 is 1.52 bits per heavy atom. The first-order chi connectivity index (χ1) is 12.4. The van der Waals surface area contributed by atoms with Gasteiger partial charge in [0.05, 0.1) is 5.69 Å². The molecule has 0 aliphatic heterocycles. The SMILES string of the molecule is c1ccc(-c2ccnc(-c3cccc4c3oc3ncccc34)c2)cc1. The van der Waals surface area contributed by atoms with Gasteiger partial charge >= 0.3 is 0 Å². The van der Waals surface area contributed by atoms with Crippen molar-refractivity contribution in [1.29, 1.82) is 0 Å². The Balaban J connectivity index is 1.74. The highest BCUT2D eigenvalue weighted by Crippen LogP contribution is 2.35. The van der Waals surface area contributed by atoms with Gasteiger partial charge in [0.25, 0.3) is 0 Å². The van der Waals surface area contributed by atoms with E-state index in [-0.39, 0.29) is 0 Å². The summed E-state index contributed by atoms with van der Waals surface area (Å²) in [5.74, 6) is 0. The molecule has 0 saturated heterocycles. The van der Waals surface area contributed by atoms with Crippen molar-refractivity contribution < 1.29 is 4.42 Å². The summed E-state index contributed by atoms with van der Waals surface area (Å²) in [6.45, 7) is 0. The molecule has 0 amide bonds. The van der Waals surface area contributed by atoms with Crippen LogP contribution < -0.4 is 0 Å². The minimum Gasteiger partial charge on any atom is -0.437 e. The van der Waals surface area contributed by atoms with Crippen LogP contribution in [0.5, 0.6) is 0 Å². The van der Waals surface area contributed by atoms with Crippen molar-refractivity contribution >= 4 is 22.1 Å². The fraction of sp³-hybridized carbons (Fsp3) is 0. The van der Waals surface area contributed by atoms with Gasteiger partial charge in [0, 0.05) is 28.7 Å². The maximum Gasteiger partial charge on any atom is 0.227 e.